The number of nitriles is 1. The van der Waals surface area contributed by atoms with Crippen LogP contribution in [0.15, 0.2) is 29.6 Å². The van der Waals surface area contributed by atoms with Gasteiger partial charge in [0.15, 0.2) is 0 Å². The van der Waals surface area contributed by atoms with Crippen molar-refractivity contribution in [1.29, 1.82) is 5.26 Å². The summed E-state index contributed by atoms with van der Waals surface area (Å²) >= 11 is 1.79. The van der Waals surface area contributed by atoms with Crippen molar-refractivity contribution in [3.8, 4) is 6.07 Å². The molecule has 3 heteroatoms. The van der Waals surface area contributed by atoms with Crippen molar-refractivity contribution < 1.29 is 0 Å². The minimum absolute atomic E-state index is 0.280. The first kappa shape index (κ1) is 11.6. The zero-order valence-electron chi connectivity index (χ0n) is 10.2. The Morgan fingerprint density at radius 2 is 1.94 bits per heavy atom. The number of nitrogens with one attached hydrogen (secondary N) is 1. The maximum Gasteiger partial charge on any atom is 0.0655 e. The van der Waals surface area contributed by atoms with Gasteiger partial charge in [0.05, 0.1) is 11.8 Å². The molecule has 0 aliphatic heterocycles. The first-order valence-electron chi connectivity index (χ1n) is 6.49. The summed E-state index contributed by atoms with van der Waals surface area (Å²) < 4.78 is 1.34. The Labute approximate surface area is 111 Å². The summed E-state index contributed by atoms with van der Waals surface area (Å²) in [4.78, 5) is 0. The second kappa shape index (κ2) is 4.99. The highest BCUT2D eigenvalue weighted by Gasteiger charge is 2.21. The highest BCUT2D eigenvalue weighted by molar-refractivity contribution is 7.17. The van der Waals surface area contributed by atoms with Gasteiger partial charge < -0.3 is 5.32 Å². The first-order chi connectivity index (χ1) is 8.86. The molecule has 1 aliphatic rings. The molecule has 1 fully saturated rings. The summed E-state index contributed by atoms with van der Waals surface area (Å²) in [5.74, 6) is 0.280. The summed E-state index contributed by atoms with van der Waals surface area (Å²) in [5.41, 5.74) is 1.26. The summed E-state index contributed by atoms with van der Waals surface area (Å²) in [7, 11) is 0. The maximum atomic E-state index is 8.91. The summed E-state index contributed by atoms with van der Waals surface area (Å²) in [6.45, 7) is 0. The minimum atomic E-state index is 0.280. The van der Waals surface area contributed by atoms with Crippen molar-refractivity contribution in [2.75, 3.05) is 5.32 Å². The van der Waals surface area contributed by atoms with Crippen LogP contribution in [0.1, 0.15) is 25.7 Å². The van der Waals surface area contributed by atoms with Crippen LogP contribution in [-0.4, -0.2) is 6.04 Å². The minimum Gasteiger partial charge on any atom is -0.381 e. The average Bonchev–Trinajstić information content (AvgIpc) is 2.83. The predicted octanol–water partition coefficient (Wildman–Crippen LogP) is 4.40. The highest BCUT2D eigenvalue weighted by atomic mass is 32.1. The van der Waals surface area contributed by atoms with Crippen molar-refractivity contribution in [2.24, 2.45) is 5.92 Å². The second-order valence-electron chi connectivity index (χ2n) is 4.97. The Balaban J connectivity index is 1.72. The van der Waals surface area contributed by atoms with Gasteiger partial charge in [0.25, 0.3) is 0 Å². The fourth-order valence-corrected chi connectivity index (χ4v) is 3.58. The number of fused-ring (bicyclic) bond motifs is 1. The molecule has 1 N–H and O–H groups in total. The van der Waals surface area contributed by atoms with Crippen LogP contribution in [0.3, 0.4) is 0 Å². The molecule has 0 unspecified atom stereocenters. The van der Waals surface area contributed by atoms with Gasteiger partial charge in [-0.3, -0.25) is 0 Å². The molecule has 0 atom stereocenters. The van der Waals surface area contributed by atoms with Crippen LogP contribution in [0.2, 0.25) is 0 Å². The van der Waals surface area contributed by atoms with Crippen LogP contribution >= 0.6 is 11.3 Å². The van der Waals surface area contributed by atoms with Crippen LogP contribution < -0.4 is 5.32 Å². The summed E-state index contributed by atoms with van der Waals surface area (Å²) in [6.07, 6.45) is 4.30. The van der Waals surface area contributed by atoms with Gasteiger partial charge in [0.1, 0.15) is 0 Å². The summed E-state index contributed by atoms with van der Waals surface area (Å²) in [5, 5.41) is 16.1. The van der Waals surface area contributed by atoms with Crippen molar-refractivity contribution in [3.05, 3.63) is 29.6 Å². The predicted molar refractivity (Wildman–Crippen MR) is 76.8 cm³/mol. The Morgan fingerprint density at radius 3 is 2.72 bits per heavy atom. The number of hydrogen-bond acceptors (Lipinski definition) is 3. The standard InChI is InChI=1S/C15H16N2S/c16-9-11-5-7-12(8-6-11)17-14-10-18-15-4-2-1-3-13(14)15/h1-4,10-12,17H,5-8H2. The molecule has 18 heavy (non-hydrogen) atoms. The van der Waals surface area contributed by atoms with E-state index in [1.165, 1.54) is 15.8 Å². The molecule has 1 saturated carbocycles. The average molecular weight is 256 g/mol. The van der Waals surface area contributed by atoms with Gasteiger partial charge in [-0.1, -0.05) is 18.2 Å². The lowest BCUT2D eigenvalue weighted by atomic mass is 9.87. The molecule has 2 aromatic rings. The lowest BCUT2D eigenvalue weighted by Gasteiger charge is -2.26. The van der Waals surface area contributed by atoms with Gasteiger partial charge in [0.2, 0.25) is 0 Å². The summed E-state index contributed by atoms with van der Waals surface area (Å²) in [6, 6.07) is 11.4. The third-order valence-corrected chi connectivity index (χ3v) is 4.71. The fraction of sp³-hybridized carbons (Fsp3) is 0.400. The van der Waals surface area contributed by atoms with E-state index in [1.54, 1.807) is 11.3 Å². The largest absolute Gasteiger partial charge is 0.381 e. The van der Waals surface area contributed by atoms with E-state index in [-0.39, 0.29) is 5.92 Å². The molecule has 0 spiro atoms. The lowest BCUT2D eigenvalue weighted by Crippen LogP contribution is -2.25. The monoisotopic (exact) mass is 256 g/mol. The number of hydrogen-bond donors (Lipinski definition) is 1. The Kier molecular flexibility index (Phi) is 3.21. The molecule has 1 aliphatic carbocycles. The Hall–Kier alpha value is -1.53. The van der Waals surface area contributed by atoms with Gasteiger partial charge in [0, 0.05) is 27.4 Å². The van der Waals surface area contributed by atoms with Crippen LogP contribution in [0.5, 0.6) is 0 Å². The Morgan fingerprint density at radius 1 is 1.17 bits per heavy atom. The molecule has 92 valence electrons. The zero-order valence-corrected chi connectivity index (χ0v) is 11.0. The molecular weight excluding hydrogens is 240 g/mol. The lowest BCUT2D eigenvalue weighted by molar-refractivity contribution is 0.398. The molecule has 0 radical (unpaired) electrons. The van der Waals surface area contributed by atoms with E-state index < -0.39 is 0 Å². The van der Waals surface area contributed by atoms with E-state index in [4.69, 9.17) is 5.26 Å². The zero-order chi connectivity index (χ0) is 12.4. The fourth-order valence-electron chi connectivity index (χ4n) is 2.68. The molecule has 1 aromatic heterocycles. The second-order valence-corrected chi connectivity index (χ2v) is 5.88. The van der Waals surface area contributed by atoms with E-state index in [0.717, 1.165) is 25.7 Å². The Bertz CT molecular complexity index is 573. The molecule has 0 bridgehead atoms. The van der Waals surface area contributed by atoms with Crippen molar-refractivity contribution in [1.82, 2.24) is 0 Å². The van der Waals surface area contributed by atoms with Crippen molar-refractivity contribution in [2.45, 2.75) is 31.7 Å². The molecule has 1 heterocycles. The number of rotatable bonds is 2. The number of nitrogens with zero attached hydrogens (tertiary/aromatic N) is 1. The molecule has 0 saturated heterocycles. The molecular formula is C15H16N2S. The third kappa shape index (κ3) is 2.21. The smallest absolute Gasteiger partial charge is 0.0655 e. The number of thiophene rings is 1. The highest BCUT2D eigenvalue weighted by Crippen LogP contribution is 2.33. The van der Waals surface area contributed by atoms with E-state index in [9.17, 15) is 0 Å². The van der Waals surface area contributed by atoms with Crippen LogP contribution in [0.4, 0.5) is 5.69 Å². The van der Waals surface area contributed by atoms with E-state index in [2.05, 4.69) is 41.0 Å². The van der Waals surface area contributed by atoms with Gasteiger partial charge in [-0.05, 0) is 31.7 Å². The molecule has 0 amide bonds. The molecule has 2 nitrogen and oxygen atoms in total. The van der Waals surface area contributed by atoms with Crippen LogP contribution in [0, 0.1) is 17.2 Å². The van der Waals surface area contributed by atoms with E-state index in [0.29, 0.717) is 6.04 Å². The topological polar surface area (TPSA) is 35.8 Å². The third-order valence-electron chi connectivity index (χ3n) is 3.75. The molecule has 1 aromatic carbocycles. The normalized spacial score (nSPS) is 23.7. The number of anilines is 1. The van der Waals surface area contributed by atoms with Gasteiger partial charge in [-0.15, -0.1) is 11.3 Å². The molecule has 3 rings (SSSR count). The van der Waals surface area contributed by atoms with Gasteiger partial charge >= 0.3 is 0 Å². The maximum absolute atomic E-state index is 8.91. The number of benzene rings is 1. The quantitative estimate of drug-likeness (QED) is 0.864. The first-order valence-corrected chi connectivity index (χ1v) is 7.37. The van der Waals surface area contributed by atoms with Crippen LogP contribution in [-0.2, 0) is 0 Å². The van der Waals surface area contributed by atoms with Crippen molar-refractivity contribution >= 4 is 27.1 Å². The van der Waals surface area contributed by atoms with E-state index in [1.807, 2.05) is 0 Å². The van der Waals surface area contributed by atoms with E-state index >= 15 is 0 Å². The van der Waals surface area contributed by atoms with Crippen molar-refractivity contribution in [3.63, 3.8) is 0 Å². The van der Waals surface area contributed by atoms with Gasteiger partial charge in [-0.2, -0.15) is 5.26 Å². The van der Waals surface area contributed by atoms with Crippen LogP contribution in [0.25, 0.3) is 10.1 Å². The SMILES string of the molecule is N#CC1CCC(Nc2csc3ccccc23)CC1. The van der Waals surface area contributed by atoms with Gasteiger partial charge in [-0.25, -0.2) is 0 Å².